The van der Waals surface area contributed by atoms with Gasteiger partial charge in [-0.25, -0.2) is 0 Å². The monoisotopic (exact) mass is 367 g/mol. The molecule has 9 heteroatoms. The first-order valence-electron chi connectivity index (χ1n) is 8.22. The number of hydrogen-bond acceptors (Lipinski definition) is 6. The molecule has 2 aromatic rings. The third-order valence-electron chi connectivity index (χ3n) is 4.47. The normalized spacial score (nSPS) is 18.9. The fraction of sp³-hybridized carbons (Fsp3) is 0.412. The van der Waals surface area contributed by atoms with Gasteiger partial charge in [-0.05, 0) is 25.1 Å². The molecular weight excluding hydrogens is 347 g/mol. The zero-order valence-electron chi connectivity index (χ0n) is 14.2. The van der Waals surface area contributed by atoms with E-state index < -0.39 is 12.7 Å². The second-order valence-electron chi connectivity index (χ2n) is 6.40. The lowest BCUT2D eigenvalue weighted by Gasteiger charge is -2.41. The molecule has 0 amide bonds. The highest BCUT2D eigenvalue weighted by molar-refractivity contribution is 5.74. The summed E-state index contributed by atoms with van der Waals surface area (Å²) in [5, 5.41) is 18.0. The SMILES string of the molecule is C[C@@H]1CN(c2cc(-c3ccccc3O)nnc2N)CCN1CC(F)(F)F. The Morgan fingerprint density at radius 3 is 2.62 bits per heavy atom. The quantitative estimate of drug-likeness (QED) is 0.868. The summed E-state index contributed by atoms with van der Waals surface area (Å²) in [5.41, 5.74) is 7.53. The van der Waals surface area contributed by atoms with Gasteiger partial charge < -0.3 is 15.7 Å². The summed E-state index contributed by atoms with van der Waals surface area (Å²) in [7, 11) is 0. The maximum atomic E-state index is 12.7. The van der Waals surface area contributed by atoms with Gasteiger partial charge in [0.15, 0.2) is 5.82 Å². The second kappa shape index (κ2) is 6.99. The number of nitrogens with two attached hydrogens (primary N) is 1. The predicted molar refractivity (Wildman–Crippen MR) is 92.8 cm³/mol. The fourth-order valence-electron chi connectivity index (χ4n) is 3.15. The zero-order chi connectivity index (χ0) is 18.9. The summed E-state index contributed by atoms with van der Waals surface area (Å²) in [4.78, 5) is 3.32. The van der Waals surface area contributed by atoms with Gasteiger partial charge in [-0.1, -0.05) is 12.1 Å². The highest BCUT2D eigenvalue weighted by atomic mass is 19.4. The molecule has 26 heavy (non-hydrogen) atoms. The van der Waals surface area contributed by atoms with Gasteiger partial charge in [0.05, 0.1) is 17.9 Å². The largest absolute Gasteiger partial charge is 0.507 e. The number of alkyl halides is 3. The molecule has 0 aliphatic carbocycles. The van der Waals surface area contributed by atoms with Crippen LogP contribution in [0.25, 0.3) is 11.3 Å². The molecule has 0 saturated carbocycles. The van der Waals surface area contributed by atoms with E-state index >= 15 is 0 Å². The minimum absolute atomic E-state index is 0.0703. The predicted octanol–water partition coefficient (Wildman–Crippen LogP) is 2.50. The molecule has 140 valence electrons. The Labute approximate surface area is 149 Å². The van der Waals surface area contributed by atoms with Crippen LogP contribution in [0.5, 0.6) is 5.75 Å². The van der Waals surface area contributed by atoms with Crippen LogP contribution in [0, 0.1) is 0 Å². The van der Waals surface area contributed by atoms with E-state index in [1.165, 1.54) is 4.90 Å². The summed E-state index contributed by atoms with van der Waals surface area (Å²) in [6, 6.07) is 8.15. The Morgan fingerprint density at radius 1 is 1.23 bits per heavy atom. The van der Waals surface area contributed by atoms with Crippen molar-refractivity contribution in [1.29, 1.82) is 0 Å². The second-order valence-corrected chi connectivity index (χ2v) is 6.40. The van der Waals surface area contributed by atoms with Gasteiger partial charge >= 0.3 is 6.18 Å². The number of nitrogens with zero attached hydrogens (tertiary/aromatic N) is 4. The number of halogens is 3. The molecule has 1 aromatic heterocycles. The van der Waals surface area contributed by atoms with Gasteiger partial charge in [-0.2, -0.15) is 13.2 Å². The average molecular weight is 367 g/mol. The van der Waals surface area contributed by atoms with Gasteiger partial charge in [0.25, 0.3) is 0 Å². The van der Waals surface area contributed by atoms with Crippen molar-refractivity contribution in [1.82, 2.24) is 15.1 Å². The van der Waals surface area contributed by atoms with Crippen molar-refractivity contribution in [2.24, 2.45) is 0 Å². The Morgan fingerprint density at radius 2 is 1.96 bits per heavy atom. The molecule has 2 heterocycles. The van der Waals surface area contributed by atoms with Crippen LogP contribution < -0.4 is 10.6 Å². The van der Waals surface area contributed by atoms with Gasteiger partial charge in [0.1, 0.15) is 5.75 Å². The lowest BCUT2D eigenvalue weighted by Crippen LogP contribution is -2.54. The minimum Gasteiger partial charge on any atom is -0.507 e. The number of piperazine rings is 1. The van der Waals surface area contributed by atoms with E-state index in [4.69, 9.17) is 5.73 Å². The molecule has 1 saturated heterocycles. The topological polar surface area (TPSA) is 78.5 Å². The summed E-state index contributed by atoms with van der Waals surface area (Å²) in [6.45, 7) is 1.90. The first kappa shape index (κ1) is 18.2. The van der Waals surface area contributed by atoms with Crippen LogP contribution in [0.2, 0.25) is 0 Å². The van der Waals surface area contributed by atoms with Crippen molar-refractivity contribution in [2.45, 2.75) is 19.1 Å². The van der Waals surface area contributed by atoms with E-state index in [-0.39, 0.29) is 24.2 Å². The summed E-state index contributed by atoms with van der Waals surface area (Å²) in [6.07, 6.45) is -4.22. The molecule has 0 unspecified atom stereocenters. The molecule has 1 atom stereocenters. The number of phenolic OH excluding ortho intramolecular Hbond substituents is 1. The minimum atomic E-state index is -4.22. The zero-order valence-corrected chi connectivity index (χ0v) is 14.2. The third-order valence-corrected chi connectivity index (χ3v) is 4.47. The molecule has 0 radical (unpaired) electrons. The number of hydrogen-bond donors (Lipinski definition) is 2. The number of anilines is 2. The lowest BCUT2D eigenvalue weighted by atomic mass is 10.1. The van der Waals surface area contributed by atoms with Crippen LogP contribution in [0.4, 0.5) is 24.7 Å². The van der Waals surface area contributed by atoms with Crippen molar-refractivity contribution < 1.29 is 18.3 Å². The van der Waals surface area contributed by atoms with E-state index in [9.17, 15) is 18.3 Å². The molecule has 1 aliphatic heterocycles. The fourth-order valence-corrected chi connectivity index (χ4v) is 3.15. The molecule has 0 spiro atoms. The van der Waals surface area contributed by atoms with Crippen LogP contribution in [-0.4, -0.2) is 58.6 Å². The molecule has 0 bridgehead atoms. The van der Waals surface area contributed by atoms with Crippen molar-refractivity contribution >= 4 is 11.5 Å². The highest BCUT2D eigenvalue weighted by Gasteiger charge is 2.35. The molecule has 1 fully saturated rings. The Hall–Kier alpha value is -2.55. The first-order valence-corrected chi connectivity index (χ1v) is 8.22. The summed E-state index contributed by atoms with van der Waals surface area (Å²) < 4.78 is 38.0. The number of benzene rings is 1. The molecule has 3 rings (SSSR count). The van der Waals surface area contributed by atoms with E-state index in [0.29, 0.717) is 30.0 Å². The van der Waals surface area contributed by atoms with Crippen LogP contribution in [0.3, 0.4) is 0 Å². The van der Waals surface area contributed by atoms with Gasteiger partial charge in [-0.15, -0.1) is 10.2 Å². The Bertz CT molecular complexity index is 783. The van der Waals surface area contributed by atoms with Crippen LogP contribution >= 0.6 is 0 Å². The first-order chi connectivity index (χ1) is 12.2. The maximum absolute atomic E-state index is 12.7. The van der Waals surface area contributed by atoms with Crippen LogP contribution in [0.1, 0.15) is 6.92 Å². The van der Waals surface area contributed by atoms with Gasteiger partial charge in [0, 0.05) is 31.2 Å². The van der Waals surface area contributed by atoms with Crippen molar-refractivity contribution in [3.63, 3.8) is 0 Å². The molecule has 6 nitrogen and oxygen atoms in total. The summed E-state index contributed by atoms with van der Waals surface area (Å²) >= 11 is 0. The Kier molecular flexibility index (Phi) is 4.90. The molecule has 3 N–H and O–H groups in total. The molecule has 1 aliphatic rings. The van der Waals surface area contributed by atoms with E-state index in [1.807, 2.05) is 4.90 Å². The van der Waals surface area contributed by atoms with Crippen molar-refractivity contribution in [3.8, 4) is 17.0 Å². The Balaban J connectivity index is 1.82. The number of aromatic nitrogens is 2. The maximum Gasteiger partial charge on any atom is 0.401 e. The van der Waals surface area contributed by atoms with Crippen LogP contribution in [-0.2, 0) is 0 Å². The average Bonchev–Trinajstić information content (AvgIpc) is 2.57. The van der Waals surface area contributed by atoms with Crippen molar-refractivity contribution in [3.05, 3.63) is 30.3 Å². The van der Waals surface area contributed by atoms with E-state index in [1.54, 1.807) is 37.3 Å². The van der Waals surface area contributed by atoms with Gasteiger partial charge in [0.2, 0.25) is 0 Å². The number of nitrogen functional groups attached to an aromatic ring is 1. The third kappa shape index (κ3) is 3.98. The highest BCUT2D eigenvalue weighted by Crippen LogP contribution is 2.32. The lowest BCUT2D eigenvalue weighted by molar-refractivity contribution is -0.150. The number of aromatic hydroxyl groups is 1. The van der Waals surface area contributed by atoms with Crippen LogP contribution in [0.15, 0.2) is 30.3 Å². The van der Waals surface area contributed by atoms with E-state index in [2.05, 4.69) is 10.2 Å². The van der Waals surface area contributed by atoms with Crippen molar-refractivity contribution in [2.75, 3.05) is 36.8 Å². The number of phenols is 1. The number of rotatable bonds is 3. The van der Waals surface area contributed by atoms with E-state index in [0.717, 1.165) is 0 Å². The number of para-hydroxylation sites is 1. The smallest absolute Gasteiger partial charge is 0.401 e. The molecular formula is C17H20F3N5O. The van der Waals surface area contributed by atoms with Gasteiger partial charge in [-0.3, -0.25) is 4.90 Å². The standard InChI is InChI=1S/C17H20F3N5O/c1-11-9-24(6-7-25(11)10-17(18,19)20)14-8-13(22-23-16(14)21)12-4-2-3-5-15(12)26/h2-5,8,11,26H,6-7,9-10H2,1H3,(H2,21,23)/t11-/m1/s1. The molecule has 1 aromatic carbocycles. The summed E-state index contributed by atoms with van der Waals surface area (Å²) in [5.74, 6) is 0.279.